The van der Waals surface area contributed by atoms with Crippen LogP contribution in [0.5, 0.6) is 0 Å². The molecule has 8 heteroatoms. The van der Waals surface area contributed by atoms with Gasteiger partial charge in [-0.1, -0.05) is 55.9 Å². The SMILES string of the molecule is CCn1c(SCC(=O)Nc2nc(-c3ccccc3)cs2)nnc1C(C)C. The largest absolute Gasteiger partial charge is 0.306 e. The van der Waals surface area contributed by atoms with Crippen LogP contribution in [0.4, 0.5) is 5.13 Å². The van der Waals surface area contributed by atoms with Crippen molar-refractivity contribution in [2.75, 3.05) is 11.1 Å². The van der Waals surface area contributed by atoms with Crippen molar-refractivity contribution in [2.45, 2.75) is 38.4 Å². The number of carbonyl (C=O) groups is 1. The number of rotatable bonds is 7. The molecule has 3 aromatic rings. The molecular weight excluding hydrogens is 366 g/mol. The highest BCUT2D eigenvalue weighted by atomic mass is 32.2. The third kappa shape index (κ3) is 4.31. The molecular formula is C18H21N5OS2. The summed E-state index contributed by atoms with van der Waals surface area (Å²) in [7, 11) is 0. The normalized spacial score (nSPS) is 11.1. The summed E-state index contributed by atoms with van der Waals surface area (Å²) in [6, 6.07) is 9.91. The maximum absolute atomic E-state index is 12.2. The summed E-state index contributed by atoms with van der Waals surface area (Å²) >= 11 is 2.82. The first-order chi connectivity index (χ1) is 12.6. The molecule has 0 saturated heterocycles. The summed E-state index contributed by atoms with van der Waals surface area (Å²) in [4.78, 5) is 16.7. The van der Waals surface area contributed by atoms with Crippen molar-refractivity contribution in [1.29, 1.82) is 0 Å². The van der Waals surface area contributed by atoms with Gasteiger partial charge in [-0.05, 0) is 6.92 Å². The van der Waals surface area contributed by atoms with Crippen molar-refractivity contribution in [3.63, 3.8) is 0 Å². The number of amides is 1. The van der Waals surface area contributed by atoms with E-state index in [1.54, 1.807) is 0 Å². The average molecular weight is 388 g/mol. The van der Waals surface area contributed by atoms with Gasteiger partial charge in [-0.15, -0.1) is 21.5 Å². The third-order valence-corrected chi connectivity index (χ3v) is 5.46. The standard InChI is InChI=1S/C18H21N5OS2/c1-4-23-16(12(2)3)21-22-18(23)26-11-15(24)20-17-19-14(10-25-17)13-8-6-5-7-9-13/h5-10,12H,4,11H2,1-3H3,(H,19,20,24). The number of thioether (sulfide) groups is 1. The van der Waals surface area contributed by atoms with E-state index in [2.05, 4.69) is 45.8 Å². The van der Waals surface area contributed by atoms with Crippen LogP contribution in [0, 0.1) is 0 Å². The van der Waals surface area contributed by atoms with E-state index in [4.69, 9.17) is 0 Å². The van der Waals surface area contributed by atoms with Gasteiger partial charge in [0.2, 0.25) is 5.91 Å². The molecule has 0 unspecified atom stereocenters. The number of benzene rings is 1. The fourth-order valence-electron chi connectivity index (χ4n) is 2.49. The Morgan fingerprint density at radius 2 is 2.04 bits per heavy atom. The Balaban J connectivity index is 1.59. The molecule has 0 spiro atoms. The molecule has 0 bridgehead atoms. The zero-order valence-electron chi connectivity index (χ0n) is 15.0. The molecule has 0 radical (unpaired) electrons. The van der Waals surface area contributed by atoms with Crippen LogP contribution in [-0.4, -0.2) is 31.4 Å². The van der Waals surface area contributed by atoms with Crippen molar-refractivity contribution in [1.82, 2.24) is 19.7 Å². The Morgan fingerprint density at radius 3 is 2.73 bits per heavy atom. The summed E-state index contributed by atoms with van der Waals surface area (Å²) in [5, 5.41) is 14.6. The van der Waals surface area contributed by atoms with E-state index in [1.165, 1.54) is 23.1 Å². The van der Waals surface area contributed by atoms with E-state index in [9.17, 15) is 4.79 Å². The zero-order chi connectivity index (χ0) is 18.5. The van der Waals surface area contributed by atoms with Crippen molar-refractivity contribution in [3.05, 3.63) is 41.5 Å². The topological polar surface area (TPSA) is 72.7 Å². The Hall–Kier alpha value is -2.19. The number of thiazole rings is 1. The molecule has 136 valence electrons. The van der Waals surface area contributed by atoms with E-state index in [1.807, 2.05) is 35.7 Å². The van der Waals surface area contributed by atoms with Gasteiger partial charge < -0.3 is 9.88 Å². The van der Waals surface area contributed by atoms with Crippen molar-refractivity contribution in [2.24, 2.45) is 0 Å². The molecule has 0 aliphatic rings. The van der Waals surface area contributed by atoms with E-state index in [0.717, 1.165) is 28.8 Å². The quantitative estimate of drug-likeness (QED) is 0.613. The van der Waals surface area contributed by atoms with E-state index in [-0.39, 0.29) is 11.7 Å². The smallest absolute Gasteiger partial charge is 0.236 e. The van der Waals surface area contributed by atoms with Crippen LogP contribution in [0.15, 0.2) is 40.9 Å². The Labute approximate surface area is 161 Å². The van der Waals surface area contributed by atoms with Crippen LogP contribution in [0.3, 0.4) is 0 Å². The molecule has 0 aliphatic heterocycles. The summed E-state index contributed by atoms with van der Waals surface area (Å²) in [6.07, 6.45) is 0. The summed E-state index contributed by atoms with van der Waals surface area (Å²) in [6.45, 7) is 7.02. The Kier molecular flexibility index (Phi) is 6.05. The minimum Gasteiger partial charge on any atom is -0.306 e. The summed E-state index contributed by atoms with van der Waals surface area (Å²) < 4.78 is 2.06. The van der Waals surface area contributed by atoms with Gasteiger partial charge in [-0.25, -0.2) is 4.98 Å². The number of nitrogens with one attached hydrogen (secondary N) is 1. The van der Waals surface area contributed by atoms with Crippen LogP contribution in [0.1, 0.15) is 32.5 Å². The highest BCUT2D eigenvalue weighted by molar-refractivity contribution is 7.99. The molecule has 0 fully saturated rings. The molecule has 3 rings (SSSR count). The van der Waals surface area contributed by atoms with Gasteiger partial charge in [0.25, 0.3) is 0 Å². The molecule has 2 aromatic heterocycles. The number of nitrogens with zero attached hydrogens (tertiary/aromatic N) is 4. The minimum absolute atomic E-state index is 0.0966. The molecule has 0 atom stereocenters. The first-order valence-corrected chi connectivity index (χ1v) is 10.3. The van der Waals surface area contributed by atoms with E-state index >= 15 is 0 Å². The monoisotopic (exact) mass is 387 g/mol. The maximum Gasteiger partial charge on any atom is 0.236 e. The molecule has 1 amide bonds. The second kappa shape index (κ2) is 8.46. The molecule has 6 nitrogen and oxygen atoms in total. The maximum atomic E-state index is 12.2. The van der Waals surface area contributed by atoms with Crippen LogP contribution in [0.2, 0.25) is 0 Å². The molecule has 1 aromatic carbocycles. The minimum atomic E-state index is -0.0966. The Morgan fingerprint density at radius 1 is 1.27 bits per heavy atom. The van der Waals surface area contributed by atoms with Gasteiger partial charge in [0.15, 0.2) is 10.3 Å². The van der Waals surface area contributed by atoms with Gasteiger partial charge in [-0.2, -0.15) is 0 Å². The fraction of sp³-hybridized carbons (Fsp3) is 0.333. The highest BCUT2D eigenvalue weighted by Crippen LogP contribution is 2.25. The second-order valence-electron chi connectivity index (χ2n) is 5.98. The first-order valence-electron chi connectivity index (χ1n) is 8.45. The van der Waals surface area contributed by atoms with Gasteiger partial charge in [-0.3, -0.25) is 4.79 Å². The number of anilines is 1. The number of hydrogen-bond acceptors (Lipinski definition) is 6. The summed E-state index contributed by atoms with van der Waals surface area (Å²) in [5.74, 6) is 1.43. The van der Waals surface area contributed by atoms with Crippen LogP contribution in [-0.2, 0) is 11.3 Å². The summed E-state index contributed by atoms with van der Waals surface area (Å²) in [5.41, 5.74) is 1.90. The van der Waals surface area contributed by atoms with Gasteiger partial charge in [0, 0.05) is 23.4 Å². The third-order valence-electron chi connectivity index (χ3n) is 3.73. The number of hydrogen-bond donors (Lipinski definition) is 1. The van der Waals surface area contributed by atoms with E-state index in [0.29, 0.717) is 11.0 Å². The highest BCUT2D eigenvalue weighted by Gasteiger charge is 2.16. The number of carbonyl (C=O) groups excluding carboxylic acids is 1. The van der Waals surface area contributed by atoms with E-state index < -0.39 is 0 Å². The van der Waals surface area contributed by atoms with Gasteiger partial charge in [0.05, 0.1) is 11.4 Å². The zero-order valence-corrected chi connectivity index (χ0v) is 16.6. The predicted molar refractivity (Wildman–Crippen MR) is 107 cm³/mol. The van der Waals surface area contributed by atoms with Crippen LogP contribution >= 0.6 is 23.1 Å². The lowest BCUT2D eigenvalue weighted by molar-refractivity contribution is -0.113. The van der Waals surface area contributed by atoms with Gasteiger partial charge in [0.1, 0.15) is 5.82 Å². The molecule has 2 heterocycles. The molecule has 26 heavy (non-hydrogen) atoms. The Bertz CT molecular complexity index is 873. The lowest BCUT2D eigenvalue weighted by Crippen LogP contribution is -2.14. The van der Waals surface area contributed by atoms with Crippen LogP contribution < -0.4 is 5.32 Å². The van der Waals surface area contributed by atoms with Gasteiger partial charge >= 0.3 is 0 Å². The van der Waals surface area contributed by atoms with Crippen LogP contribution in [0.25, 0.3) is 11.3 Å². The van der Waals surface area contributed by atoms with Crippen molar-refractivity contribution >= 4 is 34.1 Å². The van der Waals surface area contributed by atoms with Crippen molar-refractivity contribution in [3.8, 4) is 11.3 Å². The molecule has 0 aliphatic carbocycles. The predicted octanol–water partition coefficient (Wildman–Crippen LogP) is 4.28. The lowest BCUT2D eigenvalue weighted by Gasteiger charge is -2.08. The number of aromatic nitrogens is 4. The second-order valence-corrected chi connectivity index (χ2v) is 7.78. The molecule has 1 N–H and O–H groups in total. The average Bonchev–Trinajstić information content (AvgIpc) is 3.27. The van der Waals surface area contributed by atoms with Crippen molar-refractivity contribution < 1.29 is 4.79 Å². The first kappa shape index (κ1) is 18.6. The fourth-order valence-corrected chi connectivity index (χ4v) is 4.03. The molecule has 0 saturated carbocycles. The lowest BCUT2D eigenvalue weighted by atomic mass is 10.2.